The average Bonchev–Trinajstić information content (AvgIpc) is 3.38. The van der Waals surface area contributed by atoms with Crippen LogP contribution in [0.4, 0.5) is 5.13 Å². The molecule has 33 heavy (non-hydrogen) atoms. The van der Waals surface area contributed by atoms with Crippen LogP contribution in [0, 0.1) is 0 Å². The molecule has 178 valence electrons. The van der Waals surface area contributed by atoms with Crippen LogP contribution in [0.25, 0.3) is 11.0 Å². The molecule has 1 fully saturated rings. The lowest BCUT2D eigenvalue weighted by molar-refractivity contribution is -0.130. The van der Waals surface area contributed by atoms with Gasteiger partial charge in [-0.15, -0.1) is 11.3 Å². The summed E-state index contributed by atoms with van der Waals surface area (Å²) < 4.78 is 28.2. The predicted octanol–water partition coefficient (Wildman–Crippen LogP) is 2.43. The van der Waals surface area contributed by atoms with E-state index in [2.05, 4.69) is 14.5 Å². The highest BCUT2D eigenvalue weighted by Crippen LogP contribution is 2.23. The summed E-state index contributed by atoms with van der Waals surface area (Å²) in [6, 6.07) is 5.03. The summed E-state index contributed by atoms with van der Waals surface area (Å²) in [6.45, 7) is 5.85. The number of anilines is 1. The fourth-order valence-corrected chi connectivity index (χ4v) is 5.80. The van der Waals surface area contributed by atoms with Crippen LogP contribution in [0.1, 0.15) is 25.6 Å². The second-order valence-corrected chi connectivity index (χ2v) is 11.3. The Morgan fingerprint density at radius 3 is 2.70 bits per heavy atom. The zero-order valence-electron chi connectivity index (χ0n) is 19.3. The van der Waals surface area contributed by atoms with Gasteiger partial charge in [0.05, 0.1) is 15.9 Å². The molecule has 9 nitrogen and oxygen atoms in total. The number of rotatable bonds is 7. The van der Waals surface area contributed by atoms with Gasteiger partial charge < -0.3 is 14.4 Å². The van der Waals surface area contributed by atoms with Crippen LogP contribution in [0.3, 0.4) is 0 Å². The van der Waals surface area contributed by atoms with Crippen molar-refractivity contribution in [2.75, 3.05) is 45.2 Å². The van der Waals surface area contributed by atoms with Gasteiger partial charge in [-0.05, 0) is 31.5 Å². The summed E-state index contributed by atoms with van der Waals surface area (Å²) in [5, 5.41) is 2.98. The molecule has 0 bridgehead atoms. The van der Waals surface area contributed by atoms with Gasteiger partial charge in [-0.3, -0.25) is 4.79 Å². The minimum atomic E-state index is -3.53. The number of nitrogens with zero attached hydrogens (tertiary/aromatic N) is 6. The molecule has 3 aromatic rings. The minimum absolute atomic E-state index is 0.126. The van der Waals surface area contributed by atoms with E-state index >= 15 is 0 Å². The quantitative estimate of drug-likeness (QED) is 0.505. The van der Waals surface area contributed by atoms with E-state index in [1.54, 1.807) is 29.5 Å². The summed E-state index contributed by atoms with van der Waals surface area (Å²) >= 11 is 1.63. The van der Waals surface area contributed by atoms with Crippen LogP contribution in [0.2, 0.25) is 0 Å². The molecule has 2 aromatic heterocycles. The molecule has 4 rings (SSSR count). The topological polar surface area (TPSA) is 91.6 Å². The highest BCUT2D eigenvalue weighted by Gasteiger charge is 2.22. The normalized spacial score (nSPS) is 15.4. The van der Waals surface area contributed by atoms with Gasteiger partial charge in [0.2, 0.25) is 15.9 Å². The summed E-state index contributed by atoms with van der Waals surface area (Å²) in [5.41, 5.74) is 1.52. The lowest BCUT2D eigenvalue weighted by atomic mass is 10.2. The maximum absolute atomic E-state index is 13.0. The van der Waals surface area contributed by atoms with E-state index in [9.17, 15) is 13.2 Å². The Kier molecular flexibility index (Phi) is 7.01. The molecule has 1 saturated heterocycles. The molecule has 11 heteroatoms. The summed E-state index contributed by atoms with van der Waals surface area (Å²) in [6.07, 6.45) is 3.63. The van der Waals surface area contributed by atoms with E-state index in [-0.39, 0.29) is 10.8 Å². The number of fused-ring (bicyclic) bond motifs is 1. The smallest absolute Gasteiger partial charge is 0.242 e. The fourth-order valence-electron chi connectivity index (χ4n) is 4.18. The summed E-state index contributed by atoms with van der Waals surface area (Å²) in [4.78, 5) is 26.4. The first-order valence-electron chi connectivity index (χ1n) is 11.1. The third kappa shape index (κ3) is 4.90. The predicted molar refractivity (Wildman–Crippen MR) is 130 cm³/mol. The molecule has 0 atom stereocenters. The molecule has 1 aromatic carbocycles. The van der Waals surface area contributed by atoms with Crippen LogP contribution in [0.15, 0.2) is 34.7 Å². The molecule has 1 amide bonds. The van der Waals surface area contributed by atoms with Gasteiger partial charge in [-0.2, -0.15) is 0 Å². The number of aromatic nitrogens is 3. The number of imidazole rings is 1. The monoisotopic (exact) mass is 490 g/mol. The fraction of sp³-hybridized carbons (Fsp3) is 0.500. The van der Waals surface area contributed by atoms with E-state index < -0.39 is 10.0 Å². The first kappa shape index (κ1) is 23.7. The molecule has 1 aliphatic heterocycles. The largest absolute Gasteiger partial charge is 0.346 e. The number of aryl methyl sites for hydroxylation is 2. The minimum Gasteiger partial charge on any atom is -0.346 e. The van der Waals surface area contributed by atoms with E-state index in [1.165, 1.54) is 18.4 Å². The molecule has 3 heterocycles. The Labute approximate surface area is 198 Å². The van der Waals surface area contributed by atoms with E-state index in [0.717, 1.165) is 42.5 Å². The van der Waals surface area contributed by atoms with Crippen LogP contribution >= 0.6 is 11.3 Å². The Balaban J connectivity index is 1.45. The zero-order chi connectivity index (χ0) is 23.6. The molecule has 1 aliphatic rings. The van der Waals surface area contributed by atoms with Crippen molar-refractivity contribution in [1.82, 2.24) is 23.7 Å². The second-order valence-electron chi connectivity index (χ2n) is 8.25. The Morgan fingerprint density at radius 1 is 1.18 bits per heavy atom. The van der Waals surface area contributed by atoms with Gasteiger partial charge >= 0.3 is 0 Å². The molecule has 0 aliphatic carbocycles. The highest BCUT2D eigenvalue weighted by molar-refractivity contribution is 7.89. The average molecular weight is 491 g/mol. The lowest BCUT2D eigenvalue weighted by Crippen LogP contribution is -2.35. The lowest BCUT2D eigenvalue weighted by Gasteiger charge is -2.21. The first-order valence-corrected chi connectivity index (χ1v) is 13.5. The summed E-state index contributed by atoms with van der Waals surface area (Å²) in [5.74, 6) is 0.932. The van der Waals surface area contributed by atoms with Gasteiger partial charge in [0.15, 0.2) is 5.13 Å². The van der Waals surface area contributed by atoms with Crippen LogP contribution in [-0.4, -0.2) is 78.3 Å². The third-order valence-electron chi connectivity index (χ3n) is 5.99. The van der Waals surface area contributed by atoms with Crippen molar-refractivity contribution >= 4 is 43.4 Å². The molecule has 0 saturated carbocycles. The molecule has 0 unspecified atom stereocenters. The zero-order valence-corrected chi connectivity index (χ0v) is 20.9. The SMILES string of the molecule is CCn1c(CCC(=O)N2CCCN(c3nccs3)CC2)nc2cc(S(=O)(=O)N(C)C)ccc21. The van der Waals surface area contributed by atoms with Crippen LogP contribution in [-0.2, 0) is 27.8 Å². The standard InChI is InChI=1S/C22H30N6O3S2/c1-4-28-19-7-6-17(33(30,31)25(2)3)16-18(19)24-20(28)8-9-21(29)26-11-5-12-27(14-13-26)22-23-10-15-32-22/h6-7,10,15-16H,4-5,8-9,11-14H2,1-3H3. The highest BCUT2D eigenvalue weighted by atomic mass is 32.2. The number of carbonyl (C=O) groups excluding carboxylic acids is 1. The number of carbonyl (C=O) groups is 1. The molecular formula is C22H30N6O3S2. The Morgan fingerprint density at radius 2 is 2.00 bits per heavy atom. The molecular weight excluding hydrogens is 460 g/mol. The third-order valence-corrected chi connectivity index (χ3v) is 8.64. The Bertz CT molecular complexity index is 1220. The van der Waals surface area contributed by atoms with Crippen molar-refractivity contribution in [1.29, 1.82) is 0 Å². The number of thiazole rings is 1. The number of hydrogen-bond acceptors (Lipinski definition) is 7. The number of amides is 1. The first-order chi connectivity index (χ1) is 15.8. The second kappa shape index (κ2) is 9.78. The number of benzene rings is 1. The van der Waals surface area contributed by atoms with Crippen molar-refractivity contribution in [3.8, 4) is 0 Å². The van der Waals surface area contributed by atoms with Gasteiger partial charge in [-0.1, -0.05) is 0 Å². The van der Waals surface area contributed by atoms with Gasteiger partial charge in [0.25, 0.3) is 0 Å². The van der Waals surface area contributed by atoms with E-state index in [4.69, 9.17) is 4.98 Å². The maximum Gasteiger partial charge on any atom is 0.242 e. The van der Waals surface area contributed by atoms with Gasteiger partial charge in [0, 0.05) is 71.2 Å². The number of sulfonamides is 1. The maximum atomic E-state index is 13.0. The van der Waals surface area contributed by atoms with Gasteiger partial charge in [-0.25, -0.2) is 22.7 Å². The van der Waals surface area contributed by atoms with Crippen LogP contribution < -0.4 is 4.90 Å². The van der Waals surface area contributed by atoms with E-state index in [0.29, 0.717) is 31.4 Å². The molecule has 0 spiro atoms. The summed E-state index contributed by atoms with van der Waals surface area (Å²) in [7, 11) is -0.499. The van der Waals surface area contributed by atoms with Crippen molar-refractivity contribution in [3.05, 3.63) is 35.6 Å². The van der Waals surface area contributed by atoms with Crippen molar-refractivity contribution < 1.29 is 13.2 Å². The molecule has 0 N–H and O–H groups in total. The van der Waals surface area contributed by atoms with Crippen molar-refractivity contribution in [2.24, 2.45) is 0 Å². The number of hydrogen-bond donors (Lipinski definition) is 0. The Hall–Kier alpha value is -2.50. The van der Waals surface area contributed by atoms with Gasteiger partial charge in [0.1, 0.15) is 5.82 Å². The van der Waals surface area contributed by atoms with Crippen molar-refractivity contribution in [2.45, 2.75) is 37.6 Å². The van der Waals surface area contributed by atoms with E-state index in [1.807, 2.05) is 23.4 Å². The van der Waals surface area contributed by atoms with Crippen molar-refractivity contribution in [3.63, 3.8) is 0 Å². The molecule has 0 radical (unpaired) electrons. The van der Waals surface area contributed by atoms with Crippen LogP contribution in [0.5, 0.6) is 0 Å².